The Labute approximate surface area is 121 Å². The zero-order valence-corrected chi connectivity index (χ0v) is 12.7. The molecule has 0 heterocycles. The van der Waals surface area contributed by atoms with Crippen LogP contribution in [0.4, 0.5) is 4.39 Å². The molecule has 0 radical (unpaired) electrons. The Balaban J connectivity index is 2.39. The molecule has 0 saturated carbocycles. The first-order chi connectivity index (χ1) is 9.65. The number of aliphatic imine (C=N–C) groups is 1. The summed E-state index contributed by atoms with van der Waals surface area (Å²) < 4.78 is 13.0. The minimum absolute atomic E-state index is 0.169. The van der Waals surface area contributed by atoms with Crippen molar-refractivity contribution in [2.75, 3.05) is 13.1 Å². The van der Waals surface area contributed by atoms with Crippen LogP contribution >= 0.6 is 0 Å². The van der Waals surface area contributed by atoms with E-state index in [0.29, 0.717) is 6.04 Å². The third-order valence-corrected chi connectivity index (χ3v) is 3.12. The lowest BCUT2D eigenvalue weighted by atomic mass is 10.1. The van der Waals surface area contributed by atoms with Gasteiger partial charge in [-0.3, -0.25) is 4.99 Å². The van der Waals surface area contributed by atoms with Gasteiger partial charge in [-0.15, -0.1) is 0 Å². The van der Waals surface area contributed by atoms with Gasteiger partial charge in [0.1, 0.15) is 5.82 Å². The van der Waals surface area contributed by atoms with Gasteiger partial charge < -0.3 is 10.6 Å². The average molecular weight is 279 g/mol. The number of aryl methyl sites for hydroxylation is 1. The summed E-state index contributed by atoms with van der Waals surface area (Å²) in [5.41, 5.74) is 1.03. The first-order valence-electron chi connectivity index (χ1n) is 7.45. The molecule has 1 unspecified atom stereocenters. The molecule has 4 heteroatoms. The van der Waals surface area contributed by atoms with Crippen LogP contribution in [-0.4, -0.2) is 25.1 Å². The smallest absolute Gasteiger partial charge is 0.191 e. The Morgan fingerprint density at radius 3 is 2.80 bits per heavy atom. The predicted octanol–water partition coefficient (Wildman–Crippen LogP) is 3.11. The number of rotatable bonds is 7. The van der Waals surface area contributed by atoms with Gasteiger partial charge in [-0.05, 0) is 50.8 Å². The number of guanidine groups is 1. The highest BCUT2D eigenvalue weighted by atomic mass is 19.1. The minimum Gasteiger partial charge on any atom is -0.357 e. The molecule has 1 atom stereocenters. The van der Waals surface area contributed by atoms with E-state index in [2.05, 4.69) is 36.4 Å². The number of nitrogens with one attached hydrogen (secondary N) is 2. The number of halogens is 1. The van der Waals surface area contributed by atoms with Gasteiger partial charge in [0.25, 0.3) is 0 Å². The Bertz CT molecular complexity index is 418. The second-order valence-electron chi connectivity index (χ2n) is 4.95. The van der Waals surface area contributed by atoms with Crippen LogP contribution in [-0.2, 0) is 6.42 Å². The number of hydrogen-bond acceptors (Lipinski definition) is 1. The van der Waals surface area contributed by atoms with Gasteiger partial charge in [-0.2, -0.15) is 0 Å². The molecule has 1 aromatic carbocycles. The van der Waals surface area contributed by atoms with Crippen molar-refractivity contribution in [3.8, 4) is 0 Å². The topological polar surface area (TPSA) is 36.4 Å². The molecule has 0 bridgehead atoms. The Hall–Kier alpha value is -1.58. The van der Waals surface area contributed by atoms with E-state index >= 15 is 0 Å². The Morgan fingerprint density at radius 2 is 2.15 bits per heavy atom. The van der Waals surface area contributed by atoms with Gasteiger partial charge in [-0.25, -0.2) is 4.39 Å². The lowest BCUT2D eigenvalue weighted by Gasteiger charge is -2.16. The summed E-state index contributed by atoms with van der Waals surface area (Å²) in [6.07, 6.45) is 2.83. The van der Waals surface area contributed by atoms with Gasteiger partial charge in [0.2, 0.25) is 0 Å². The highest BCUT2D eigenvalue weighted by Gasteiger charge is 2.02. The van der Waals surface area contributed by atoms with E-state index in [1.54, 1.807) is 12.1 Å². The van der Waals surface area contributed by atoms with E-state index in [9.17, 15) is 4.39 Å². The second kappa shape index (κ2) is 9.34. The van der Waals surface area contributed by atoms with Crippen molar-refractivity contribution >= 4 is 5.96 Å². The summed E-state index contributed by atoms with van der Waals surface area (Å²) >= 11 is 0. The van der Waals surface area contributed by atoms with E-state index in [0.717, 1.165) is 43.9 Å². The molecule has 0 aliphatic carbocycles. The molecule has 0 aliphatic heterocycles. The Morgan fingerprint density at radius 1 is 1.35 bits per heavy atom. The van der Waals surface area contributed by atoms with Crippen molar-refractivity contribution in [2.45, 2.75) is 46.1 Å². The molecular weight excluding hydrogens is 253 g/mol. The quantitative estimate of drug-likeness (QED) is 0.457. The summed E-state index contributed by atoms with van der Waals surface area (Å²) in [5, 5.41) is 6.59. The van der Waals surface area contributed by atoms with E-state index in [1.165, 1.54) is 6.07 Å². The van der Waals surface area contributed by atoms with E-state index < -0.39 is 0 Å². The second-order valence-corrected chi connectivity index (χ2v) is 4.95. The van der Waals surface area contributed by atoms with Crippen LogP contribution in [0.25, 0.3) is 0 Å². The molecule has 20 heavy (non-hydrogen) atoms. The molecule has 112 valence electrons. The van der Waals surface area contributed by atoms with E-state index in [4.69, 9.17) is 0 Å². The summed E-state index contributed by atoms with van der Waals surface area (Å²) in [6, 6.07) is 7.18. The maximum absolute atomic E-state index is 13.0. The normalized spacial score (nSPS) is 13.1. The monoisotopic (exact) mass is 279 g/mol. The molecule has 0 aromatic heterocycles. The van der Waals surface area contributed by atoms with Crippen LogP contribution in [0.2, 0.25) is 0 Å². The first-order valence-corrected chi connectivity index (χ1v) is 7.45. The summed E-state index contributed by atoms with van der Waals surface area (Å²) in [6.45, 7) is 7.93. The van der Waals surface area contributed by atoms with E-state index in [-0.39, 0.29) is 5.82 Å². The van der Waals surface area contributed by atoms with Gasteiger partial charge in [-0.1, -0.05) is 19.1 Å². The number of benzene rings is 1. The van der Waals surface area contributed by atoms with Crippen LogP contribution in [0.5, 0.6) is 0 Å². The summed E-state index contributed by atoms with van der Waals surface area (Å²) in [4.78, 5) is 4.54. The fourth-order valence-corrected chi connectivity index (χ4v) is 1.82. The maximum atomic E-state index is 13.0. The largest absolute Gasteiger partial charge is 0.357 e. The summed E-state index contributed by atoms with van der Waals surface area (Å²) in [5.74, 6) is 0.693. The molecule has 0 saturated heterocycles. The molecular formula is C16H26FN3. The highest BCUT2D eigenvalue weighted by Crippen LogP contribution is 2.06. The first kappa shape index (κ1) is 16.5. The van der Waals surface area contributed by atoms with Crippen molar-refractivity contribution in [3.63, 3.8) is 0 Å². The predicted molar refractivity (Wildman–Crippen MR) is 83.6 cm³/mol. The number of hydrogen-bond donors (Lipinski definition) is 2. The molecule has 0 spiro atoms. The van der Waals surface area contributed by atoms with Crippen molar-refractivity contribution in [2.24, 2.45) is 4.99 Å². The molecule has 0 fully saturated rings. The van der Waals surface area contributed by atoms with Crippen LogP contribution in [0.1, 0.15) is 39.2 Å². The van der Waals surface area contributed by atoms with Crippen LogP contribution in [0, 0.1) is 5.82 Å². The van der Waals surface area contributed by atoms with Crippen molar-refractivity contribution in [1.29, 1.82) is 0 Å². The van der Waals surface area contributed by atoms with Crippen molar-refractivity contribution in [1.82, 2.24) is 10.6 Å². The van der Waals surface area contributed by atoms with Crippen molar-refractivity contribution < 1.29 is 4.39 Å². The third kappa shape index (κ3) is 6.55. The molecule has 1 rings (SSSR count). The van der Waals surface area contributed by atoms with Crippen LogP contribution < -0.4 is 10.6 Å². The van der Waals surface area contributed by atoms with Gasteiger partial charge in [0.15, 0.2) is 5.96 Å². The third-order valence-electron chi connectivity index (χ3n) is 3.12. The van der Waals surface area contributed by atoms with Crippen LogP contribution in [0.15, 0.2) is 29.3 Å². The average Bonchev–Trinajstić information content (AvgIpc) is 2.43. The van der Waals surface area contributed by atoms with Crippen LogP contribution in [0.3, 0.4) is 0 Å². The van der Waals surface area contributed by atoms with Gasteiger partial charge in [0, 0.05) is 19.1 Å². The van der Waals surface area contributed by atoms with Gasteiger partial charge in [0.05, 0.1) is 0 Å². The van der Waals surface area contributed by atoms with E-state index in [1.807, 2.05) is 6.07 Å². The zero-order valence-electron chi connectivity index (χ0n) is 12.7. The minimum atomic E-state index is -0.169. The lowest BCUT2D eigenvalue weighted by Crippen LogP contribution is -2.42. The SMILES string of the molecule is CCNC(=NCCCc1cccc(F)c1)NC(C)CC. The van der Waals surface area contributed by atoms with Crippen molar-refractivity contribution in [3.05, 3.63) is 35.6 Å². The molecule has 3 nitrogen and oxygen atoms in total. The molecule has 0 amide bonds. The molecule has 2 N–H and O–H groups in total. The van der Waals surface area contributed by atoms with Gasteiger partial charge >= 0.3 is 0 Å². The Kier molecular flexibility index (Phi) is 7.70. The number of nitrogens with zero attached hydrogens (tertiary/aromatic N) is 1. The lowest BCUT2D eigenvalue weighted by molar-refractivity contribution is 0.621. The zero-order chi connectivity index (χ0) is 14.8. The standard InChI is InChI=1S/C16H26FN3/c1-4-13(3)20-16(18-5-2)19-11-7-9-14-8-6-10-15(17)12-14/h6,8,10,12-13H,4-5,7,9,11H2,1-3H3,(H2,18,19,20). The fourth-order valence-electron chi connectivity index (χ4n) is 1.82. The molecule has 0 aliphatic rings. The fraction of sp³-hybridized carbons (Fsp3) is 0.562. The molecule has 1 aromatic rings. The summed E-state index contributed by atoms with van der Waals surface area (Å²) in [7, 11) is 0. The highest BCUT2D eigenvalue weighted by molar-refractivity contribution is 5.79. The maximum Gasteiger partial charge on any atom is 0.191 e.